The summed E-state index contributed by atoms with van der Waals surface area (Å²) in [5.41, 5.74) is 0.519. The van der Waals surface area contributed by atoms with E-state index in [0.717, 1.165) is 0 Å². The summed E-state index contributed by atoms with van der Waals surface area (Å²) in [6.45, 7) is 1.70. The van der Waals surface area contributed by atoms with Crippen LogP contribution in [0.1, 0.15) is 18.4 Å². The van der Waals surface area contributed by atoms with E-state index in [1.165, 1.54) is 7.11 Å². The Morgan fingerprint density at radius 1 is 1.50 bits per heavy atom. The molecule has 1 aromatic rings. The van der Waals surface area contributed by atoms with Crippen molar-refractivity contribution in [1.29, 1.82) is 0 Å². The first-order valence-electron chi connectivity index (χ1n) is 4.84. The Hall–Kier alpha value is -1.91. The highest BCUT2D eigenvalue weighted by Crippen LogP contribution is 2.44. The zero-order valence-electron chi connectivity index (χ0n) is 9.02. The summed E-state index contributed by atoms with van der Waals surface area (Å²) in [7, 11) is 1.50. The molecule has 1 unspecified atom stereocenters. The van der Waals surface area contributed by atoms with Gasteiger partial charge in [-0.15, -0.1) is 0 Å². The fourth-order valence-corrected chi connectivity index (χ4v) is 1.69. The second kappa shape index (κ2) is 3.92. The van der Waals surface area contributed by atoms with Crippen molar-refractivity contribution < 1.29 is 24.1 Å². The molecular formula is C11H12O5. The maximum Gasteiger partial charge on any atom is 0.310 e. The maximum atomic E-state index is 11.0. The van der Waals surface area contributed by atoms with Crippen LogP contribution in [0.5, 0.6) is 17.2 Å². The fraction of sp³-hybridized carbons (Fsp3) is 0.364. The molecule has 0 saturated carbocycles. The Bertz CT molecular complexity index is 427. The van der Waals surface area contributed by atoms with Gasteiger partial charge < -0.3 is 19.3 Å². The van der Waals surface area contributed by atoms with Crippen molar-refractivity contribution >= 4 is 5.97 Å². The van der Waals surface area contributed by atoms with Crippen molar-refractivity contribution in [3.63, 3.8) is 0 Å². The highest BCUT2D eigenvalue weighted by atomic mass is 16.7. The van der Waals surface area contributed by atoms with Crippen molar-refractivity contribution in [2.45, 2.75) is 12.8 Å². The van der Waals surface area contributed by atoms with Gasteiger partial charge in [0.05, 0.1) is 18.6 Å². The number of rotatable bonds is 3. The number of hydrogen-bond donors (Lipinski definition) is 1. The van der Waals surface area contributed by atoms with E-state index in [-0.39, 0.29) is 6.79 Å². The molecule has 0 bridgehead atoms. The topological polar surface area (TPSA) is 65.0 Å². The van der Waals surface area contributed by atoms with Crippen LogP contribution >= 0.6 is 0 Å². The molecule has 0 aliphatic carbocycles. The average molecular weight is 224 g/mol. The molecule has 16 heavy (non-hydrogen) atoms. The predicted molar refractivity (Wildman–Crippen MR) is 55.2 cm³/mol. The van der Waals surface area contributed by atoms with Crippen molar-refractivity contribution in [3.8, 4) is 17.2 Å². The minimum absolute atomic E-state index is 0.113. The minimum Gasteiger partial charge on any atom is -0.496 e. The Labute approximate surface area is 92.5 Å². The third-order valence-electron chi connectivity index (χ3n) is 2.56. The molecule has 1 aliphatic rings. The van der Waals surface area contributed by atoms with Crippen LogP contribution in [0, 0.1) is 0 Å². The van der Waals surface area contributed by atoms with Gasteiger partial charge in [-0.1, -0.05) is 0 Å². The molecule has 0 aromatic heterocycles. The Morgan fingerprint density at radius 3 is 2.88 bits per heavy atom. The molecule has 5 nitrogen and oxygen atoms in total. The number of hydrogen-bond acceptors (Lipinski definition) is 4. The summed E-state index contributed by atoms with van der Waals surface area (Å²) in [5, 5.41) is 9.03. The summed E-state index contributed by atoms with van der Waals surface area (Å²) in [5.74, 6) is -0.105. The van der Waals surface area contributed by atoms with E-state index in [1.807, 2.05) is 0 Å². The molecule has 1 atom stereocenters. The largest absolute Gasteiger partial charge is 0.496 e. The van der Waals surface area contributed by atoms with Crippen molar-refractivity contribution in [3.05, 3.63) is 17.7 Å². The van der Waals surface area contributed by atoms with Gasteiger partial charge in [-0.2, -0.15) is 0 Å². The smallest absolute Gasteiger partial charge is 0.310 e. The molecule has 1 N–H and O–H groups in total. The molecule has 5 heteroatoms. The van der Waals surface area contributed by atoms with Crippen LogP contribution in [0.15, 0.2) is 12.1 Å². The SMILES string of the molecule is COc1ccc2c(c1C(C)C(=O)O)OCO2. The lowest BCUT2D eigenvalue weighted by molar-refractivity contribution is -0.138. The predicted octanol–water partition coefficient (Wildman–Crippen LogP) is 1.61. The maximum absolute atomic E-state index is 11.0. The van der Waals surface area contributed by atoms with E-state index in [1.54, 1.807) is 19.1 Å². The van der Waals surface area contributed by atoms with Crippen LogP contribution in [0.3, 0.4) is 0 Å². The lowest BCUT2D eigenvalue weighted by Crippen LogP contribution is -2.10. The van der Waals surface area contributed by atoms with Gasteiger partial charge in [0.1, 0.15) is 5.75 Å². The molecule has 1 aromatic carbocycles. The van der Waals surface area contributed by atoms with Crippen LogP contribution in [0.25, 0.3) is 0 Å². The van der Waals surface area contributed by atoms with Gasteiger partial charge >= 0.3 is 5.97 Å². The summed E-state index contributed by atoms with van der Waals surface area (Å²) < 4.78 is 15.6. The van der Waals surface area contributed by atoms with Crippen LogP contribution in [-0.2, 0) is 4.79 Å². The number of methoxy groups -OCH3 is 1. The number of aliphatic carboxylic acids is 1. The highest BCUT2D eigenvalue weighted by Gasteiger charge is 2.28. The third-order valence-corrected chi connectivity index (χ3v) is 2.56. The number of benzene rings is 1. The number of carbonyl (C=O) groups is 1. The van der Waals surface area contributed by atoms with E-state index in [0.29, 0.717) is 22.8 Å². The van der Waals surface area contributed by atoms with Crippen LogP contribution in [0.4, 0.5) is 0 Å². The zero-order chi connectivity index (χ0) is 11.7. The van der Waals surface area contributed by atoms with E-state index in [2.05, 4.69) is 0 Å². The standard InChI is InChI=1S/C11H12O5/c1-6(11(12)13)9-7(14-2)3-4-8-10(9)16-5-15-8/h3-4,6H,5H2,1-2H3,(H,12,13). The first-order chi connectivity index (χ1) is 7.65. The third kappa shape index (κ3) is 1.54. The Morgan fingerprint density at radius 2 is 2.25 bits per heavy atom. The second-order valence-corrected chi connectivity index (χ2v) is 3.48. The van der Waals surface area contributed by atoms with Crippen molar-refractivity contribution in [1.82, 2.24) is 0 Å². The molecule has 1 heterocycles. The normalized spacial score (nSPS) is 14.6. The molecule has 0 radical (unpaired) electrons. The van der Waals surface area contributed by atoms with Crippen LogP contribution in [-0.4, -0.2) is 25.0 Å². The quantitative estimate of drug-likeness (QED) is 0.844. The van der Waals surface area contributed by atoms with Gasteiger partial charge in [0.15, 0.2) is 11.5 Å². The molecule has 0 fully saturated rings. The fourth-order valence-electron chi connectivity index (χ4n) is 1.69. The van der Waals surface area contributed by atoms with Crippen molar-refractivity contribution in [2.75, 3.05) is 13.9 Å². The van der Waals surface area contributed by atoms with Crippen LogP contribution in [0.2, 0.25) is 0 Å². The highest BCUT2D eigenvalue weighted by molar-refractivity contribution is 5.79. The lowest BCUT2D eigenvalue weighted by Gasteiger charge is -2.14. The summed E-state index contributed by atoms with van der Waals surface area (Å²) in [6, 6.07) is 3.39. The van der Waals surface area contributed by atoms with Gasteiger partial charge in [0.25, 0.3) is 0 Å². The second-order valence-electron chi connectivity index (χ2n) is 3.48. The number of carboxylic acid groups (broad SMARTS) is 1. The molecule has 2 rings (SSSR count). The summed E-state index contributed by atoms with van der Waals surface area (Å²) in [4.78, 5) is 11.0. The first-order valence-corrected chi connectivity index (χ1v) is 4.84. The number of carboxylic acids is 1. The molecule has 86 valence electrons. The van der Waals surface area contributed by atoms with Crippen molar-refractivity contribution in [2.24, 2.45) is 0 Å². The summed E-state index contributed by atoms with van der Waals surface area (Å²) >= 11 is 0. The van der Waals surface area contributed by atoms with Gasteiger partial charge in [0.2, 0.25) is 6.79 Å². The molecule has 0 spiro atoms. The average Bonchev–Trinajstić information content (AvgIpc) is 2.74. The molecular weight excluding hydrogens is 212 g/mol. The van der Waals surface area contributed by atoms with E-state index < -0.39 is 11.9 Å². The monoisotopic (exact) mass is 224 g/mol. The molecule has 1 aliphatic heterocycles. The van der Waals surface area contributed by atoms with Crippen LogP contribution < -0.4 is 14.2 Å². The first kappa shape index (κ1) is 10.6. The van der Waals surface area contributed by atoms with Gasteiger partial charge in [-0.3, -0.25) is 4.79 Å². The van der Waals surface area contributed by atoms with Gasteiger partial charge in [0, 0.05) is 0 Å². The minimum atomic E-state index is -0.929. The van der Waals surface area contributed by atoms with E-state index in [4.69, 9.17) is 19.3 Å². The van der Waals surface area contributed by atoms with E-state index >= 15 is 0 Å². The zero-order valence-corrected chi connectivity index (χ0v) is 9.02. The molecule has 0 amide bonds. The number of ether oxygens (including phenoxy) is 3. The lowest BCUT2D eigenvalue weighted by atomic mass is 9.98. The number of fused-ring (bicyclic) bond motifs is 1. The van der Waals surface area contributed by atoms with Gasteiger partial charge in [-0.05, 0) is 19.1 Å². The van der Waals surface area contributed by atoms with E-state index in [9.17, 15) is 4.79 Å². The Kier molecular flexibility index (Phi) is 2.60. The Balaban J connectivity index is 2.56. The summed E-state index contributed by atoms with van der Waals surface area (Å²) in [6.07, 6.45) is 0. The van der Waals surface area contributed by atoms with Gasteiger partial charge in [-0.25, -0.2) is 0 Å². The molecule has 0 saturated heterocycles.